The molecule has 4 rings (SSSR count). The second kappa shape index (κ2) is 7.56. The molecule has 28 heavy (non-hydrogen) atoms. The molecule has 4 nitrogen and oxygen atoms in total. The van der Waals surface area contributed by atoms with E-state index in [9.17, 15) is 8.42 Å². The van der Waals surface area contributed by atoms with Crippen molar-refractivity contribution >= 4 is 21.4 Å². The topological polar surface area (TPSA) is 40.6 Å². The van der Waals surface area contributed by atoms with E-state index >= 15 is 0 Å². The number of thiophene rings is 1. The Hall–Kier alpha value is -1.21. The van der Waals surface area contributed by atoms with Gasteiger partial charge in [-0.15, -0.1) is 11.3 Å². The molecular weight excluding hydrogens is 388 g/mol. The average molecular weight is 419 g/mol. The number of hydrogen-bond acceptors (Lipinski definition) is 4. The van der Waals surface area contributed by atoms with Crippen LogP contribution in [0.4, 0.5) is 0 Å². The zero-order valence-corrected chi connectivity index (χ0v) is 18.9. The zero-order chi connectivity index (χ0) is 20.1. The van der Waals surface area contributed by atoms with Crippen LogP contribution in [0, 0.1) is 27.7 Å². The highest BCUT2D eigenvalue weighted by atomic mass is 32.2. The molecule has 0 radical (unpaired) electrons. The van der Waals surface area contributed by atoms with Crippen LogP contribution in [0.15, 0.2) is 22.4 Å². The van der Waals surface area contributed by atoms with Crippen molar-refractivity contribution < 1.29 is 8.42 Å². The smallest absolute Gasteiger partial charge is 0.243 e. The van der Waals surface area contributed by atoms with Gasteiger partial charge in [-0.25, -0.2) is 8.42 Å². The summed E-state index contributed by atoms with van der Waals surface area (Å²) in [6.45, 7) is 11.2. The predicted octanol–water partition coefficient (Wildman–Crippen LogP) is 4.19. The first-order valence-electron chi connectivity index (χ1n) is 10.2. The maximum absolute atomic E-state index is 13.5. The fraction of sp³-hybridized carbons (Fsp3) is 0.545. The van der Waals surface area contributed by atoms with Gasteiger partial charge in [-0.2, -0.15) is 4.31 Å². The van der Waals surface area contributed by atoms with Crippen LogP contribution in [0.1, 0.15) is 45.5 Å². The van der Waals surface area contributed by atoms with Crippen molar-refractivity contribution in [2.24, 2.45) is 0 Å². The molecule has 1 aromatic carbocycles. The first-order chi connectivity index (χ1) is 13.3. The normalized spacial score (nSPS) is 19.7. The Bertz CT molecular complexity index is 960. The average Bonchev–Trinajstić information content (AvgIpc) is 3.14. The molecule has 2 aliphatic rings. The van der Waals surface area contributed by atoms with Gasteiger partial charge in [0, 0.05) is 37.1 Å². The zero-order valence-electron chi connectivity index (χ0n) is 17.3. The molecule has 0 aliphatic carbocycles. The van der Waals surface area contributed by atoms with Crippen molar-refractivity contribution in [1.82, 2.24) is 9.21 Å². The van der Waals surface area contributed by atoms with E-state index in [1.54, 1.807) is 4.31 Å². The molecule has 0 atom stereocenters. The highest BCUT2D eigenvalue weighted by molar-refractivity contribution is 7.89. The Morgan fingerprint density at radius 1 is 1.00 bits per heavy atom. The van der Waals surface area contributed by atoms with Gasteiger partial charge in [0.25, 0.3) is 0 Å². The molecule has 6 heteroatoms. The first-order valence-corrected chi connectivity index (χ1v) is 12.5. The summed E-state index contributed by atoms with van der Waals surface area (Å²) in [4.78, 5) is 4.62. The monoisotopic (exact) mass is 418 g/mol. The number of hydrogen-bond donors (Lipinski definition) is 0. The highest BCUT2D eigenvalue weighted by Gasteiger charge is 2.34. The van der Waals surface area contributed by atoms with Gasteiger partial charge >= 0.3 is 0 Å². The molecule has 3 heterocycles. The molecule has 0 N–H and O–H groups in total. The van der Waals surface area contributed by atoms with E-state index in [2.05, 4.69) is 22.4 Å². The summed E-state index contributed by atoms with van der Waals surface area (Å²) in [6, 6.07) is 4.82. The third kappa shape index (κ3) is 3.45. The summed E-state index contributed by atoms with van der Waals surface area (Å²) in [6.07, 6.45) is 2.97. The fourth-order valence-electron chi connectivity index (χ4n) is 4.73. The molecule has 2 aliphatic heterocycles. The van der Waals surface area contributed by atoms with E-state index in [1.165, 1.54) is 10.4 Å². The summed E-state index contributed by atoms with van der Waals surface area (Å²) >= 11 is 1.87. The Kier molecular flexibility index (Phi) is 5.42. The SMILES string of the molecule is Cc1cc(C)c(C)c(S(=O)(=O)N2CCC(N3CCc4sccc4C3)CC2)c1C. The van der Waals surface area contributed by atoms with Gasteiger partial charge in [0.1, 0.15) is 0 Å². The molecule has 0 unspecified atom stereocenters. The van der Waals surface area contributed by atoms with Crippen molar-refractivity contribution in [3.63, 3.8) is 0 Å². The molecule has 2 aromatic rings. The van der Waals surface area contributed by atoms with E-state index in [0.29, 0.717) is 24.0 Å². The van der Waals surface area contributed by atoms with Crippen LogP contribution < -0.4 is 0 Å². The van der Waals surface area contributed by atoms with E-state index in [0.717, 1.165) is 54.6 Å². The molecule has 1 aromatic heterocycles. The van der Waals surface area contributed by atoms with Crippen LogP contribution in [0.2, 0.25) is 0 Å². The molecule has 0 bridgehead atoms. The maximum Gasteiger partial charge on any atom is 0.243 e. The summed E-state index contributed by atoms with van der Waals surface area (Å²) < 4.78 is 28.6. The van der Waals surface area contributed by atoms with E-state index in [-0.39, 0.29) is 0 Å². The van der Waals surface area contributed by atoms with Gasteiger partial charge in [0.05, 0.1) is 4.90 Å². The molecule has 0 saturated carbocycles. The lowest BCUT2D eigenvalue weighted by molar-refractivity contribution is 0.127. The number of aryl methyl sites for hydroxylation is 2. The highest BCUT2D eigenvalue weighted by Crippen LogP contribution is 2.32. The van der Waals surface area contributed by atoms with Crippen molar-refractivity contribution in [3.8, 4) is 0 Å². The van der Waals surface area contributed by atoms with E-state index < -0.39 is 10.0 Å². The largest absolute Gasteiger partial charge is 0.296 e. The van der Waals surface area contributed by atoms with Gasteiger partial charge in [0.2, 0.25) is 10.0 Å². The Balaban J connectivity index is 1.50. The first kappa shape index (κ1) is 20.1. The molecule has 0 spiro atoms. The van der Waals surface area contributed by atoms with Crippen LogP contribution in [0.5, 0.6) is 0 Å². The van der Waals surface area contributed by atoms with Crippen molar-refractivity contribution in [3.05, 3.63) is 50.2 Å². The van der Waals surface area contributed by atoms with Gasteiger partial charge in [-0.3, -0.25) is 4.90 Å². The number of sulfonamides is 1. The minimum Gasteiger partial charge on any atom is -0.296 e. The lowest BCUT2D eigenvalue weighted by Crippen LogP contribution is -2.48. The number of rotatable bonds is 3. The maximum atomic E-state index is 13.5. The third-order valence-corrected chi connectivity index (χ3v) is 9.87. The van der Waals surface area contributed by atoms with Crippen LogP contribution in [0.25, 0.3) is 0 Å². The van der Waals surface area contributed by atoms with Crippen molar-refractivity contribution in [2.45, 2.75) is 64.4 Å². The minimum absolute atomic E-state index is 0.487. The van der Waals surface area contributed by atoms with Gasteiger partial charge in [0.15, 0.2) is 0 Å². The third-order valence-electron chi connectivity index (χ3n) is 6.67. The predicted molar refractivity (Wildman–Crippen MR) is 116 cm³/mol. The van der Waals surface area contributed by atoms with Crippen molar-refractivity contribution in [2.75, 3.05) is 19.6 Å². The van der Waals surface area contributed by atoms with Gasteiger partial charge in [-0.05, 0) is 86.2 Å². The quantitative estimate of drug-likeness (QED) is 0.750. The number of benzene rings is 1. The van der Waals surface area contributed by atoms with Crippen LogP contribution in [0.3, 0.4) is 0 Å². The van der Waals surface area contributed by atoms with Crippen molar-refractivity contribution in [1.29, 1.82) is 0 Å². The molecule has 0 amide bonds. The Labute approximate surface area is 173 Å². The molecule has 152 valence electrons. The molecule has 1 saturated heterocycles. The van der Waals surface area contributed by atoms with Crippen LogP contribution in [-0.2, 0) is 23.0 Å². The second-order valence-corrected chi connectivity index (χ2v) is 11.2. The minimum atomic E-state index is -3.45. The lowest BCUT2D eigenvalue weighted by Gasteiger charge is -2.40. The lowest BCUT2D eigenvalue weighted by atomic mass is 10.0. The number of nitrogens with zero attached hydrogens (tertiary/aromatic N) is 2. The fourth-order valence-corrected chi connectivity index (χ4v) is 7.66. The Morgan fingerprint density at radius 2 is 1.64 bits per heavy atom. The van der Waals surface area contributed by atoms with Crippen LogP contribution in [-0.4, -0.2) is 43.3 Å². The summed E-state index contributed by atoms with van der Waals surface area (Å²) in [5.74, 6) is 0. The van der Waals surface area contributed by atoms with Crippen LogP contribution >= 0.6 is 11.3 Å². The Morgan fingerprint density at radius 3 is 2.29 bits per heavy atom. The van der Waals surface area contributed by atoms with Gasteiger partial charge in [-0.1, -0.05) is 6.07 Å². The summed E-state index contributed by atoms with van der Waals surface area (Å²) in [5.41, 5.74) is 5.36. The molecule has 1 fully saturated rings. The standard InChI is InChI=1S/C22H30N2O2S2/c1-15-13-16(2)18(4)22(17(15)3)28(25,26)24-10-5-20(6-11-24)23-9-7-21-19(14-23)8-12-27-21/h8,12-13,20H,5-7,9-11,14H2,1-4H3. The summed E-state index contributed by atoms with van der Waals surface area (Å²) in [7, 11) is -3.45. The van der Waals surface area contributed by atoms with E-state index in [4.69, 9.17) is 0 Å². The van der Waals surface area contributed by atoms with E-state index in [1.807, 2.05) is 39.0 Å². The number of piperidine rings is 1. The number of fused-ring (bicyclic) bond motifs is 1. The summed E-state index contributed by atoms with van der Waals surface area (Å²) in [5, 5.41) is 2.19. The second-order valence-electron chi connectivity index (χ2n) is 8.31. The molecular formula is C22H30N2O2S2. The van der Waals surface area contributed by atoms with Gasteiger partial charge < -0.3 is 0 Å².